The minimum absolute atomic E-state index is 0.224. The molecule has 0 bridgehead atoms. The second-order valence-electron chi connectivity index (χ2n) is 7.15. The van der Waals surface area contributed by atoms with E-state index in [0.29, 0.717) is 17.2 Å². The van der Waals surface area contributed by atoms with Crippen molar-refractivity contribution in [1.82, 2.24) is 23.8 Å². The van der Waals surface area contributed by atoms with E-state index in [4.69, 9.17) is 5.73 Å². The van der Waals surface area contributed by atoms with Crippen LogP contribution < -0.4 is 11.1 Å². The Morgan fingerprint density at radius 1 is 1.07 bits per heavy atom. The minimum atomic E-state index is -0.224. The van der Waals surface area contributed by atoms with Crippen LogP contribution in [0.4, 0.5) is 11.5 Å². The van der Waals surface area contributed by atoms with Gasteiger partial charge < -0.3 is 11.1 Å². The second-order valence-corrected chi connectivity index (χ2v) is 7.15. The first kappa shape index (κ1) is 17.9. The van der Waals surface area contributed by atoms with Crippen molar-refractivity contribution in [3.63, 3.8) is 0 Å². The Kier molecular flexibility index (Phi) is 3.99. The number of carbonyl (C=O) groups excluding carboxylic acids is 1. The van der Waals surface area contributed by atoms with Gasteiger partial charge in [0.1, 0.15) is 34.2 Å². The molecule has 8 nitrogen and oxygen atoms in total. The minimum Gasteiger partial charge on any atom is -0.382 e. The third kappa shape index (κ3) is 2.86. The summed E-state index contributed by atoms with van der Waals surface area (Å²) in [6.45, 7) is 3.90. The highest BCUT2D eigenvalue weighted by Crippen LogP contribution is 2.28. The Balaban J connectivity index is 1.54. The zero-order chi connectivity index (χ0) is 20.8. The molecule has 4 aromatic heterocycles. The highest BCUT2D eigenvalue weighted by atomic mass is 16.1. The Labute approximate surface area is 172 Å². The normalized spacial score (nSPS) is 11.3. The Morgan fingerprint density at radius 2 is 1.93 bits per heavy atom. The quantitative estimate of drug-likeness (QED) is 0.485. The molecule has 5 rings (SSSR count). The number of aromatic nitrogens is 5. The van der Waals surface area contributed by atoms with Crippen LogP contribution in [0.2, 0.25) is 0 Å². The SMILES string of the molecule is Cc1cccc(NC(=O)c2cnc3cc(-c4nc(C)n5ccnc(N)c45)ccn23)c1. The fourth-order valence-corrected chi connectivity index (χ4v) is 3.63. The van der Waals surface area contributed by atoms with Crippen molar-refractivity contribution in [1.29, 1.82) is 0 Å². The standard InChI is InChI=1S/C22H19N7O/c1-13-4-3-5-16(10-13)27-22(30)17-12-25-18-11-15(6-8-29(17)18)19-20-21(23)24-7-9-28(20)14(2)26-19/h3-12H,1-2H3,(H2,23,24)(H,27,30). The maximum atomic E-state index is 12.8. The summed E-state index contributed by atoms with van der Waals surface area (Å²) < 4.78 is 3.66. The lowest BCUT2D eigenvalue weighted by Crippen LogP contribution is -2.14. The van der Waals surface area contributed by atoms with E-state index in [1.807, 2.05) is 67.0 Å². The molecule has 5 aromatic rings. The molecule has 0 radical (unpaired) electrons. The average molecular weight is 397 g/mol. The predicted octanol–water partition coefficient (Wildman–Crippen LogP) is 3.50. The van der Waals surface area contributed by atoms with Gasteiger partial charge in [-0.05, 0) is 43.7 Å². The summed E-state index contributed by atoms with van der Waals surface area (Å²) in [7, 11) is 0. The van der Waals surface area contributed by atoms with Crippen LogP contribution in [0.5, 0.6) is 0 Å². The number of nitrogens with two attached hydrogens (primary N) is 1. The summed E-state index contributed by atoms with van der Waals surface area (Å²) in [5, 5.41) is 2.92. The van der Waals surface area contributed by atoms with E-state index >= 15 is 0 Å². The lowest BCUT2D eigenvalue weighted by atomic mass is 10.1. The molecule has 0 atom stereocenters. The first-order valence-corrected chi connectivity index (χ1v) is 9.46. The number of fused-ring (bicyclic) bond motifs is 2. The van der Waals surface area contributed by atoms with E-state index in [1.165, 1.54) is 0 Å². The summed E-state index contributed by atoms with van der Waals surface area (Å²) in [6, 6.07) is 11.4. The third-order valence-electron chi connectivity index (χ3n) is 5.05. The van der Waals surface area contributed by atoms with Gasteiger partial charge in [0.25, 0.3) is 5.91 Å². The van der Waals surface area contributed by atoms with Crippen LogP contribution in [0.25, 0.3) is 22.4 Å². The molecule has 30 heavy (non-hydrogen) atoms. The van der Waals surface area contributed by atoms with Gasteiger partial charge >= 0.3 is 0 Å². The number of hydrogen-bond acceptors (Lipinski definition) is 5. The summed E-state index contributed by atoms with van der Waals surface area (Å²) >= 11 is 0. The average Bonchev–Trinajstić information content (AvgIpc) is 3.30. The fraction of sp³-hybridized carbons (Fsp3) is 0.0909. The highest BCUT2D eigenvalue weighted by Gasteiger charge is 2.17. The van der Waals surface area contributed by atoms with Crippen LogP contribution in [0.3, 0.4) is 0 Å². The number of aryl methyl sites for hydroxylation is 2. The Morgan fingerprint density at radius 3 is 2.77 bits per heavy atom. The Hall–Kier alpha value is -4.20. The third-order valence-corrected chi connectivity index (χ3v) is 5.05. The molecule has 0 aliphatic heterocycles. The van der Waals surface area contributed by atoms with Crippen LogP contribution in [-0.4, -0.2) is 29.7 Å². The van der Waals surface area contributed by atoms with Gasteiger partial charge in [-0.3, -0.25) is 13.6 Å². The van der Waals surface area contributed by atoms with Gasteiger partial charge in [-0.15, -0.1) is 0 Å². The van der Waals surface area contributed by atoms with Crippen molar-refractivity contribution in [2.45, 2.75) is 13.8 Å². The van der Waals surface area contributed by atoms with E-state index in [-0.39, 0.29) is 5.91 Å². The zero-order valence-electron chi connectivity index (χ0n) is 16.5. The maximum Gasteiger partial charge on any atom is 0.274 e. The van der Waals surface area contributed by atoms with Gasteiger partial charge in [-0.25, -0.2) is 15.0 Å². The van der Waals surface area contributed by atoms with E-state index in [9.17, 15) is 4.79 Å². The van der Waals surface area contributed by atoms with E-state index in [1.54, 1.807) is 16.8 Å². The van der Waals surface area contributed by atoms with Gasteiger partial charge in [-0.2, -0.15) is 0 Å². The van der Waals surface area contributed by atoms with Crippen molar-refractivity contribution < 1.29 is 4.79 Å². The smallest absolute Gasteiger partial charge is 0.274 e. The van der Waals surface area contributed by atoms with Crippen LogP contribution in [0, 0.1) is 13.8 Å². The van der Waals surface area contributed by atoms with Crippen LogP contribution in [0.1, 0.15) is 21.9 Å². The lowest BCUT2D eigenvalue weighted by molar-refractivity contribution is 0.102. The molecule has 8 heteroatoms. The fourth-order valence-electron chi connectivity index (χ4n) is 3.63. The summed E-state index contributed by atoms with van der Waals surface area (Å²) in [5.74, 6) is 1.00. The summed E-state index contributed by atoms with van der Waals surface area (Å²) in [6.07, 6.45) is 6.86. The number of rotatable bonds is 3. The van der Waals surface area contributed by atoms with Crippen LogP contribution >= 0.6 is 0 Å². The van der Waals surface area contributed by atoms with Crippen molar-refractivity contribution in [2.24, 2.45) is 0 Å². The monoisotopic (exact) mass is 397 g/mol. The van der Waals surface area contributed by atoms with Gasteiger partial charge in [0.05, 0.1) is 6.20 Å². The van der Waals surface area contributed by atoms with Crippen molar-refractivity contribution in [3.8, 4) is 11.3 Å². The molecule has 1 aromatic carbocycles. The lowest BCUT2D eigenvalue weighted by Gasteiger charge is -2.07. The molecule has 0 unspecified atom stereocenters. The van der Waals surface area contributed by atoms with Gasteiger partial charge in [0, 0.05) is 29.8 Å². The number of nitrogens with zero attached hydrogens (tertiary/aromatic N) is 5. The number of nitrogens with one attached hydrogen (secondary N) is 1. The molecule has 0 fully saturated rings. The number of anilines is 2. The predicted molar refractivity (Wildman–Crippen MR) is 115 cm³/mol. The molecule has 1 amide bonds. The molecule has 0 spiro atoms. The van der Waals surface area contributed by atoms with Crippen molar-refractivity contribution in [2.75, 3.05) is 11.1 Å². The number of benzene rings is 1. The maximum absolute atomic E-state index is 12.8. The number of amides is 1. The zero-order valence-corrected chi connectivity index (χ0v) is 16.5. The first-order chi connectivity index (χ1) is 14.5. The number of imidazole rings is 2. The van der Waals surface area contributed by atoms with E-state index < -0.39 is 0 Å². The van der Waals surface area contributed by atoms with Gasteiger partial charge in [0.2, 0.25) is 0 Å². The van der Waals surface area contributed by atoms with Gasteiger partial charge in [-0.1, -0.05) is 12.1 Å². The van der Waals surface area contributed by atoms with Crippen molar-refractivity contribution in [3.05, 3.63) is 78.3 Å². The topological polar surface area (TPSA) is 103 Å². The molecule has 0 saturated carbocycles. The molecule has 4 heterocycles. The molecule has 3 N–H and O–H groups in total. The summed E-state index contributed by atoms with van der Waals surface area (Å²) in [5.41, 5.74) is 11.3. The summed E-state index contributed by atoms with van der Waals surface area (Å²) in [4.78, 5) is 26.0. The number of nitrogen functional groups attached to an aromatic ring is 1. The van der Waals surface area contributed by atoms with E-state index in [2.05, 4.69) is 20.3 Å². The largest absolute Gasteiger partial charge is 0.382 e. The van der Waals surface area contributed by atoms with Crippen LogP contribution in [-0.2, 0) is 0 Å². The number of hydrogen-bond donors (Lipinski definition) is 2. The molecule has 148 valence electrons. The molecular weight excluding hydrogens is 378 g/mol. The molecule has 0 aliphatic carbocycles. The molecule has 0 saturated heterocycles. The van der Waals surface area contributed by atoms with Crippen molar-refractivity contribution >= 4 is 28.6 Å². The Bertz CT molecular complexity index is 1430. The number of carbonyl (C=O) groups is 1. The van der Waals surface area contributed by atoms with Gasteiger partial charge in [0.15, 0.2) is 0 Å². The molecule has 0 aliphatic rings. The van der Waals surface area contributed by atoms with E-state index in [0.717, 1.165) is 33.8 Å². The molecular formula is C22H19N7O. The van der Waals surface area contributed by atoms with Crippen LogP contribution in [0.15, 0.2) is 61.2 Å². The highest BCUT2D eigenvalue weighted by molar-refractivity contribution is 6.03. The number of pyridine rings is 1. The first-order valence-electron chi connectivity index (χ1n) is 9.46. The second kappa shape index (κ2) is 6.70.